The maximum absolute atomic E-state index is 15.0. The van der Waals surface area contributed by atoms with Crippen LogP contribution in [0.1, 0.15) is 89.2 Å². The van der Waals surface area contributed by atoms with Crippen LogP contribution in [0.15, 0.2) is 110 Å². The molecule has 7 rings (SSSR count). The predicted octanol–water partition coefficient (Wildman–Crippen LogP) is 10.7. The number of rotatable bonds is 12. The second-order valence-corrected chi connectivity index (χ2v) is 16.0. The third-order valence-electron chi connectivity index (χ3n) is 11.2. The summed E-state index contributed by atoms with van der Waals surface area (Å²) in [7, 11) is 0. The number of aromatic carboxylic acids is 1. The van der Waals surface area contributed by atoms with Crippen molar-refractivity contribution in [2.75, 3.05) is 29.9 Å². The lowest BCUT2D eigenvalue weighted by molar-refractivity contribution is -0.131. The molecule has 4 aromatic carbocycles. The lowest BCUT2D eigenvalue weighted by atomic mass is 9.83. The van der Waals surface area contributed by atoms with Crippen LogP contribution in [-0.2, 0) is 4.79 Å². The highest BCUT2D eigenvalue weighted by Crippen LogP contribution is 2.51. The number of nitrogens with one attached hydrogen (secondary N) is 3. The number of carbonyl (C=O) groups is 3. The topological polar surface area (TPSA) is 133 Å². The van der Waals surface area contributed by atoms with Gasteiger partial charge < -0.3 is 35.5 Å². The number of hydrogen-bond acceptors (Lipinski definition) is 6. The minimum Gasteiger partial charge on any atom is -0.478 e. The van der Waals surface area contributed by atoms with E-state index >= 15 is 0 Å². The first kappa shape index (κ1) is 41.1. The number of hydrogen-bond donors (Lipinski definition) is 4. The average molecular weight is 830 g/mol. The molecule has 1 atom stereocenters. The number of piperidine rings is 1. The van der Waals surface area contributed by atoms with Gasteiger partial charge in [-0.1, -0.05) is 78.8 Å². The number of aromatic nitrogens is 1. The molecule has 0 saturated carbocycles. The quantitative estimate of drug-likeness (QED) is 0.0926. The van der Waals surface area contributed by atoms with Gasteiger partial charge in [-0.2, -0.15) is 0 Å². The lowest BCUT2D eigenvalue weighted by Gasteiger charge is -2.40. The first-order valence-electron chi connectivity index (χ1n) is 19.5. The third kappa shape index (κ3) is 8.15. The molecule has 0 aliphatic carbocycles. The van der Waals surface area contributed by atoms with Crippen molar-refractivity contribution < 1.29 is 19.5 Å². The molecule has 12 heteroatoms. The largest absolute Gasteiger partial charge is 0.478 e. The standard InChI is InChI=1S/C47H46Cl2N6O4/c1-6-54-44(31-12-15-33(48)16-13-31)36-25-34(49)26-38-41(36)42(45(54)40(27(2)3)30-10-8-7-9-11-30)43(51-38)46(57)52-37-24-32(47(58)59)14-17-39(37)53-21-19-35(20-22-53)55(29(5)56)23-18-28(4)50/h6-17,24-26,35,44,50-51H,1-2,18-23H2,3-5H3,(H,52,57)(H,58,59). The van der Waals surface area contributed by atoms with Gasteiger partial charge in [-0.05, 0) is 97.6 Å². The van der Waals surface area contributed by atoms with Crippen molar-refractivity contribution in [3.05, 3.63) is 153 Å². The van der Waals surface area contributed by atoms with Gasteiger partial charge in [0, 0.05) is 76.8 Å². The number of carboxylic acids is 1. The molecule has 1 fully saturated rings. The highest BCUT2D eigenvalue weighted by molar-refractivity contribution is 6.32. The number of allylic oxidation sites excluding steroid dienone is 2. The first-order chi connectivity index (χ1) is 28.3. The van der Waals surface area contributed by atoms with Crippen LogP contribution < -0.4 is 10.2 Å². The number of benzene rings is 4. The molecular formula is C47H46Cl2N6O4. The number of amides is 2. The molecular weight excluding hydrogens is 783 g/mol. The average Bonchev–Trinajstić information content (AvgIpc) is 3.59. The zero-order valence-corrected chi connectivity index (χ0v) is 34.8. The summed E-state index contributed by atoms with van der Waals surface area (Å²) < 4.78 is 0. The van der Waals surface area contributed by atoms with E-state index in [9.17, 15) is 19.5 Å². The maximum Gasteiger partial charge on any atom is 0.335 e. The second-order valence-electron chi connectivity index (χ2n) is 15.2. The molecule has 1 saturated heterocycles. The van der Waals surface area contributed by atoms with E-state index in [4.69, 9.17) is 28.6 Å². The van der Waals surface area contributed by atoms with E-state index in [1.807, 2.05) is 77.4 Å². The molecule has 0 bridgehead atoms. The third-order valence-corrected chi connectivity index (χ3v) is 11.6. The van der Waals surface area contributed by atoms with E-state index in [0.717, 1.165) is 33.2 Å². The summed E-state index contributed by atoms with van der Waals surface area (Å²) in [5, 5.41) is 22.9. The lowest BCUT2D eigenvalue weighted by Crippen LogP contribution is -2.47. The van der Waals surface area contributed by atoms with Crippen LogP contribution in [0.4, 0.5) is 11.4 Å². The summed E-state index contributed by atoms with van der Waals surface area (Å²) in [5.74, 6) is -1.64. The Morgan fingerprint density at radius 2 is 1.64 bits per heavy atom. The van der Waals surface area contributed by atoms with Gasteiger partial charge in [-0.25, -0.2) is 4.79 Å². The highest BCUT2D eigenvalue weighted by Gasteiger charge is 2.38. The summed E-state index contributed by atoms with van der Waals surface area (Å²) in [6.45, 7) is 15.6. The van der Waals surface area contributed by atoms with Crippen molar-refractivity contribution in [1.82, 2.24) is 14.8 Å². The van der Waals surface area contributed by atoms with Crippen LogP contribution in [0.2, 0.25) is 10.0 Å². The van der Waals surface area contributed by atoms with E-state index in [0.29, 0.717) is 82.8 Å². The minimum absolute atomic E-state index is 0.00161. The van der Waals surface area contributed by atoms with E-state index in [1.54, 1.807) is 32.2 Å². The molecule has 5 aromatic rings. The van der Waals surface area contributed by atoms with Gasteiger partial charge in [0.25, 0.3) is 5.91 Å². The Labute approximate surface area is 353 Å². The number of halogens is 2. The highest BCUT2D eigenvalue weighted by atomic mass is 35.5. The van der Waals surface area contributed by atoms with Crippen LogP contribution in [0.3, 0.4) is 0 Å². The predicted molar refractivity (Wildman–Crippen MR) is 239 cm³/mol. The Morgan fingerprint density at radius 1 is 0.949 bits per heavy atom. The molecule has 0 spiro atoms. The van der Waals surface area contributed by atoms with Crippen LogP contribution in [0, 0.1) is 5.41 Å². The summed E-state index contributed by atoms with van der Waals surface area (Å²) in [5.41, 5.74) is 8.03. The van der Waals surface area contributed by atoms with Gasteiger partial charge in [-0.15, -0.1) is 0 Å². The number of carboxylic acid groups (broad SMARTS) is 1. The number of anilines is 2. The Hall–Kier alpha value is -6.10. The molecule has 0 radical (unpaired) electrons. The minimum atomic E-state index is -1.13. The Kier molecular flexibility index (Phi) is 11.8. The van der Waals surface area contributed by atoms with E-state index in [2.05, 4.69) is 28.4 Å². The van der Waals surface area contributed by atoms with Crippen LogP contribution >= 0.6 is 23.2 Å². The monoisotopic (exact) mass is 828 g/mol. The fraction of sp³-hybridized carbons (Fsp3) is 0.234. The normalized spacial score (nSPS) is 16.1. The van der Waals surface area contributed by atoms with Crippen LogP contribution in [-0.4, -0.2) is 69.1 Å². The van der Waals surface area contributed by atoms with Crippen molar-refractivity contribution in [3.8, 4) is 0 Å². The number of nitrogens with zero attached hydrogens (tertiary/aromatic N) is 3. The summed E-state index contributed by atoms with van der Waals surface area (Å²) in [6.07, 6.45) is 3.61. The summed E-state index contributed by atoms with van der Waals surface area (Å²) in [6, 6.07) is 25.6. The number of carbonyl (C=O) groups excluding carboxylic acids is 2. The van der Waals surface area contributed by atoms with Gasteiger partial charge in [0.1, 0.15) is 5.69 Å². The molecule has 302 valence electrons. The van der Waals surface area contributed by atoms with Gasteiger partial charge in [-0.3, -0.25) is 9.59 Å². The van der Waals surface area contributed by atoms with E-state index < -0.39 is 17.9 Å². The molecule has 2 amide bonds. The zero-order valence-electron chi connectivity index (χ0n) is 33.2. The zero-order chi connectivity index (χ0) is 42.1. The molecule has 10 nitrogen and oxygen atoms in total. The summed E-state index contributed by atoms with van der Waals surface area (Å²) >= 11 is 13.2. The van der Waals surface area contributed by atoms with Gasteiger partial charge in [0.2, 0.25) is 5.91 Å². The van der Waals surface area contributed by atoms with Crippen molar-refractivity contribution >= 4 is 80.2 Å². The van der Waals surface area contributed by atoms with Gasteiger partial charge in [0.15, 0.2) is 0 Å². The molecule has 59 heavy (non-hydrogen) atoms. The molecule has 1 unspecified atom stereocenters. The van der Waals surface area contributed by atoms with Crippen molar-refractivity contribution in [1.29, 1.82) is 5.41 Å². The van der Waals surface area contributed by atoms with Crippen molar-refractivity contribution in [2.24, 2.45) is 0 Å². The molecule has 2 aliphatic heterocycles. The number of aromatic amines is 1. The second kappa shape index (κ2) is 17.0. The SMILES string of the molecule is C=CN1C(=C(C(=C)C)c2ccccc2)c2c(C(=O)Nc3cc(C(=O)O)ccc3N3CCC(N(CCC(C)=N)C(C)=O)CC3)[nH]c3cc(Cl)cc(c23)C1c1ccc(Cl)cc1. The fourth-order valence-electron chi connectivity index (χ4n) is 8.52. The van der Waals surface area contributed by atoms with Crippen LogP contribution in [0.5, 0.6) is 0 Å². The maximum atomic E-state index is 15.0. The van der Waals surface area contributed by atoms with Gasteiger partial charge >= 0.3 is 5.97 Å². The molecule has 3 heterocycles. The Balaban J connectivity index is 1.36. The Bertz CT molecular complexity index is 2540. The van der Waals surface area contributed by atoms with Gasteiger partial charge in [0.05, 0.1) is 28.7 Å². The fourth-order valence-corrected chi connectivity index (χ4v) is 8.87. The van der Waals surface area contributed by atoms with E-state index in [-0.39, 0.29) is 23.2 Å². The first-order valence-corrected chi connectivity index (χ1v) is 20.2. The van der Waals surface area contributed by atoms with Crippen molar-refractivity contribution in [2.45, 2.75) is 52.1 Å². The Morgan fingerprint density at radius 3 is 2.25 bits per heavy atom. The smallest absolute Gasteiger partial charge is 0.335 e. The van der Waals surface area contributed by atoms with Crippen molar-refractivity contribution in [3.63, 3.8) is 0 Å². The van der Waals surface area contributed by atoms with Crippen LogP contribution in [0.25, 0.3) is 22.2 Å². The molecule has 4 N–H and O–H groups in total. The van der Waals surface area contributed by atoms with E-state index in [1.165, 1.54) is 12.1 Å². The molecule has 2 aliphatic rings. The number of H-pyrrole nitrogens is 1. The molecule has 1 aromatic heterocycles. The summed E-state index contributed by atoms with van der Waals surface area (Å²) in [4.78, 5) is 49.3.